The highest BCUT2D eigenvalue weighted by Crippen LogP contribution is 2.26. The summed E-state index contributed by atoms with van der Waals surface area (Å²) in [7, 11) is 0. The Labute approximate surface area is 94.1 Å². The number of hydrogen-bond acceptors (Lipinski definition) is 2. The average molecular weight is 215 g/mol. The van der Waals surface area contributed by atoms with Crippen molar-refractivity contribution in [2.75, 3.05) is 0 Å². The van der Waals surface area contributed by atoms with Crippen molar-refractivity contribution >= 4 is 12.2 Å². The Kier molecular flexibility index (Phi) is 2.86. The van der Waals surface area contributed by atoms with Crippen molar-refractivity contribution in [3.63, 3.8) is 0 Å². The molecule has 1 heterocycles. The molecule has 0 aliphatic carbocycles. The van der Waals surface area contributed by atoms with E-state index < -0.39 is 11.5 Å². The zero-order valence-corrected chi connectivity index (χ0v) is 8.84. The maximum Gasteiger partial charge on any atom is 0.306 e. The number of rotatable bonds is 4. The number of aliphatic carboxylic acids is 1. The summed E-state index contributed by atoms with van der Waals surface area (Å²) in [5, 5.41) is 8.91. The number of hydrogen-bond donors (Lipinski definition) is 1. The molecule has 1 aromatic rings. The van der Waals surface area contributed by atoms with E-state index in [4.69, 9.17) is 5.11 Å². The molecule has 1 atom stereocenters. The topological polar surface area (TPSA) is 49.7 Å². The van der Waals surface area contributed by atoms with Gasteiger partial charge in [-0.3, -0.25) is 9.79 Å². The molecule has 1 aliphatic rings. The second-order valence-corrected chi connectivity index (χ2v) is 3.97. The highest BCUT2D eigenvalue weighted by atomic mass is 16.4. The van der Waals surface area contributed by atoms with E-state index in [1.54, 1.807) is 6.21 Å². The molecule has 3 nitrogen and oxygen atoms in total. The molecule has 0 fully saturated rings. The van der Waals surface area contributed by atoms with Crippen LogP contribution in [0.5, 0.6) is 0 Å². The number of benzene rings is 1. The first kappa shape index (κ1) is 10.6. The number of allylic oxidation sites excluding steroid dienone is 1. The third-order valence-corrected chi connectivity index (χ3v) is 2.63. The summed E-state index contributed by atoms with van der Waals surface area (Å²) in [6, 6.07) is 9.83. The number of carbonyl (C=O) groups is 1. The Balaban J connectivity index is 2.19. The minimum absolute atomic E-state index is 0.0366. The Bertz CT molecular complexity index is 423. The second kappa shape index (κ2) is 4.31. The van der Waals surface area contributed by atoms with Gasteiger partial charge in [0.1, 0.15) is 0 Å². The van der Waals surface area contributed by atoms with Gasteiger partial charge in [-0.25, -0.2) is 0 Å². The smallest absolute Gasteiger partial charge is 0.306 e. The summed E-state index contributed by atoms with van der Waals surface area (Å²) in [4.78, 5) is 15.1. The van der Waals surface area contributed by atoms with Gasteiger partial charge in [0.05, 0.1) is 12.0 Å². The average Bonchev–Trinajstić information content (AvgIpc) is 2.66. The van der Waals surface area contributed by atoms with Crippen molar-refractivity contribution in [2.24, 2.45) is 4.99 Å². The minimum atomic E-state index is -0.820. The maximum absolute atomic E-state index is 10.8. The summed E-state index contributed by atoms with van der Waals surface area (Å²) in [5.74, 6) is -0.820. The highest BCUT2D eigenvalue weighted by molar-refractivity contribution is 5.78. The van der Waals surface area contributed by atoms with Crippen molar-refractivity contribution < 1.29 is 9.90 Å². The van der Waals surface area contributed by atoms with Gasteiger partial charge in [-0.1, -0.05) is 36.4 Å². The molecule has 1 unspecified atom stereocenters. The number of carboxylic acid groups (broad SMARTS) is 1. The highest BCUT2D eigenvalue weighted by Gasteiger charge is 2.31. The summed E-state index contributed by atoms with van der Waals surface area (Å²) in [6.45, 7) is 0. The Morgan fingerprint density at radius 3 is 2.62 bits per heavy atom. The van der Waals surface area contributed by atoms with Gasteiger partial charge in [0.25, 0.3) is 0 Å². The molecule has 1 aliphatic heterocycles. The first-order valence-corrected chi connectivity index (χ1v) is 5.19. The largest absolute Gasteiger partial charge is 0.481 e. The third kappa shape index (κ3) is 2.37. The van der Waals surface area contributed by atoms with Crippen LogP contribution in [-0.4, -0.2) is 22.8 Å². The summed E-state index contributed by atoms with van der Waals surface area (Å²) in [6.07, 6.45) is 6.02. The van der Waals surface area contributed by atoms with Crippen LogP contribution in [0, 0.1) is 0 Å². The van der Waals surface area contributed by atoms with E-state index in [9.17, 15) is 4.79 Å². The SMILES string of the molecule is O=C(O)CC1(Cc2ccccc2)C=CC=N1. The van der Waals surface area contributed by atoms with E-state index in [0.717, 1.165) is 5.56 Å². The molecule has 0 amide bonds. The maximum atomic E-state index is 10.8. The lowest BCUT2D eigenvalue weighted by molar-refractivity contribution is -0.137. The van der Waals surface area contributed by atoms with Crippen LogP contribution in [0.1, 0.15) is 12.0 Å². The monoisotopic (exact) mass is 215 g/mol. The van der Waals surface area contributed by atoms with Crippen LogP contribution in [0.4, 0.5) is 0 Å². The van der Waals surface area contributed by atoms with Gasteiger partial charge < -0.3 is 5.11 Å². The van der Waals surface area contributed by atoms with Crippen LogP contribution in [-0.2, 0) is 11.2 Å². The molecular formula is C13H13NO2. The first-order chi connectivity index (χ1) is 7.70. The van der Waals surface area contributed by atoms with Gasteiger partial charge in [-0.05, 0) is 11.6 Å². The molecule has 82 valence electrons. The van der Waals surface area contributed by atoms with Gasteiger partial charge in [0.15, 0.2) is 0 Å². The van der Waals surface area contributed by atoms with Crippen molar-refractivity contribution in [2.45, 2.75) is 18.4 Å². The minimum Gasteiger partial charge on any atom is -0.481 e. The third-order valence-electron chi connectivity index (χ3n) is 2.63. The molecule has 3 heteroatoms. The fraction of sp³-hybridized carbons (Fsp3) is 0.231. The van der Waals surface area contributed by atoms with E-state index in [0.29, 0.717) is 6.42 Å². The van der Waals surface area contributed by atoms with Crippen molar-refractivity contribution in [3.8, 4) is 0 Å². The zero-order chi connectivity index (χ0) is 11.4. The second-order valence-electron chi connectivity index (χ2n) is 3.97. The molecule has 0 aromatic heterocycles. The lowest BCUT2D eigenvalue weighted by Gasteiger charge is -2.22. The summed E-state index contributed by atoms with van der Waals surface area (Å²) >= 11 is 0. The Morgan fingerprint density at radius 1 is 1.31 bits per heavy atom. The molecule has 0 saturated carbocycles. The summed E-state index contributed by atoms with van der Waals surface area (Å²) < 4.78 is 0. The lowest BCUT2D eigenvalue weighted by atomic mass is 9.89. The quantitative estimate of drug-likeness (QED) is 0.836. The van der Waals surface area contributed by atoms with Crippen molar-refractivity contribution in [1.82, 2.24) is 0 Å². The van der Waals surface area contributed by atoms with Crippen molar-refractivity contribution in [1.29, 1.82) is 0 Å². The van der Waals surface area contributed by atoms with Crippen LogP contribution in [0.25, 0.3) is 0 Å². The standard InChI is InChI=1S/C13H13NO2/c15-12(16)10-13(7-4-8-14-13)9-11-5-2-1-3-6-11/h1-8H,9-10H2,(H,15,16). The first-order valence-electron chi connectivity index (χ1n) is 5.19. The van der Waals surface area contributed by atoms with E-state index >= 15 is 0 Å². The van der Waals surface area contributed by atoms with Crippen LogP contribution < -0.4 is 0 Å². The molecular weight excluding hydrogens is 202 g/mol. The van der Waals surface area contributed by atoms with Gasteiger partial charge in [-0.2, -0.15) is 0 Å². The molecule has 0 spiro atoms. The molecule has 0 bridgehead atoms. The van der Waals surface area contributed by atoms with E-state index in [2.05, 4.69) is 4.99 Å². The Morgan fingerprint density at radius 2 is 2.06 bits per heavy atom. The fourth-order valence-electron chi connectivity index (χ4n) is 1.94. The van der Waals surface area contributed by atoms with Gasteiger partial charge in [-0.15, -0.1) is 0 Å². The molecule has 1 aromatic carbocycles. The van der Waals surface area contributed by atoms with Crippen LogP contribution in [0.2, 0.25) is 0 Å². The van der Waals surface area contributed by atoms with E-state index in [1.165, 1.54) is 0 Å². The summed E-state index contributed by atoms with van der Waals surface area (Å²) in [5.41, 5.74) is 0.514. The molecule has 0 saturated heterocycles. The normalized spacial score (nSPS) is 22.5. The predicted molar refractivity (Wildman–Crippen MR) is 62.8 cm³/mol. The van der Waals surface area contributed by atoms with Gasteiger partial charge >= 0.3 is 5.97 Å². The predicted octanol–water partition coefficient (Wildman–Crippen LogP) is 2.08. The number of carboxylic acids is 1. The molecule has 1 N–H and O–H groups in total. The number of aliphatic imine (C=N–C) groups is 1. The van der Waals surface area contributed by atoms with Gasteiger partial charge in [0.2, 0.25) is 0 Å². The van der Waals surface area contributed by atoms with Crippen molar-refractivity contribution in [3.05, 3.63) is 48.0 Å². The number of nitrogens with zero attached hydrogens (tertiary/aromatic N) is 1. The lowest BCUT2D eigenvalue weighted by Crippen LogP contribution is -2.28. The van der Waals surface area contributed by atoms with Gasteiger partial charge in [0, 0.05) is 12.6 Å². The van der Waals surface area contributed by atoms with Crippen LogP contribution in [0.15, 0.2) is 47.5 Å². The van der Waals surface area contributed by atoms with Crippen LogP contribution in [0.3, 0.4) is 0 Å². The van der Waals surface area contributed by atoms with E-state index in [1.807, 2.05) is 42.5 Å². The zero-order valence-electron chi connectivity index (χ0n) is 8.84. The van der Waals surface area contributed by atoms with Crippen LogP contribution >= 0.6 is 0 Å². The Hall–Kier alpha value is -1.90. The fourth-order valence-corrected chi connectivity index (χ4v) is 1.94. The molecule has 2 rings (SSSR count). The molecule has 16 heavy (non-hydrogen) atoms. The molecule has 0 radical (unpaired) electrons. The van der Waals surface area contributed by atoms with E-state index in [-0.39, 0.29) is 6.42 Å².